The highest BCUT2D eigenvalue weighted by Crippen LogP contribution is 2.37. The maximum Gasteiger partial charge on any atom is 0.326 e. The van der Waals surface area contributed by atoms with E-state index in [-0.39, 0.29) is 24.4 Å². The van der Waals surface area contributed by atoms with Crippen molar-refractivity contribution in [1.29, 1.82) is 0 Å². The molecule has 0 aliphatic carbocycles. The number of hydrogen-bond donors (Lipinski definition) is 2. The normalized spacial score (nSPS) is 20.4. The van der Waals surface area contributed by atoms with Crippen molar-refractivity contribution >= 4 is 29.2 Å². The molecule has 6 rings (SSSR count). The van der Waals surface area contributed by atoms with E-state index < -0.39 is 5.91 Å². The van der Waals surface area contributed by atoms with Gasteiger partial charge in [0, 0.05) is 37.9 Å². The lowest BCUT2D eigenvalue weighted by molar-refractivity contribution is 0.0971. The highest BCUT2D eigenvalue weighted by atomic mass is 16.5. The van der Waals surface area contributed by atoms with Gasteiger partial charge >= 0.3 is 17.8 Å². The Morgan fingerprint density at radius 2 is 1.89 bits per heavy atom. The Balaban J connectivity index is 1.19. The maximum atomic E-state index is 13.0. The second kappa shape index (κ2) is 8.79. The largest absolute Gasteiger partial charge is 0.493 e. The fourth-order valence-electron chi connectivity index (χ4n) is 5.20. The first-order chi connectivity index (χ1) is 17.6. The summed E-state index contributed by atoms with van der Waals surface area (Å²) in [7, 11) is 3.03. The van der Waals surface area contributed by atoms with Crippen LogP contribution in [0, 0.1) is 11.8 Å². The summed E-state index contributed by atoms with van der Waals surface area (Å²) in [6.45, 7) is 4.07. The lowest BCUT2D eigenvalue weighted by atomic mass is 10.0. The lowest BCUT2D eigenvalue weighted by Crippen LogP contribution is -2.26. The van der Waals surface area contributed by atoms with E-state index in [1.807, 2.05) is 6.07 Å². The first-order valence-corrected chi connectivity index (χ1v) is 11.7. The highest BCUT2D eigenvalue weighted by Gasteiger charge is 2.37. The van der Waals surface area contributed by atoms with Gasteiger partial charge in [-0.1, -0.05) is 5.10 Å². The molecule has 2 atom stereocenters. The molecule has 2 aromatic heterocycles. The molecule has 12 heteroatoms. The Morgan fingerprint density at radius 1 is 1.14 bits per heavy atom. The third kappa shape index (κ3) is 3.70. The Labute approximate surface area is 206 Å². The molecule has 0 saturated carbocycles. The number of nitrogens with zero attached hydrogens (tertiary/aromatic N) is 5. The van der Waals surface area contributed by atoms with Crippen molar-refractivity contribution in [2.45, 2.75) is 6.54 Å². The van der Waals surface area contributed by atoms with Crippen LogP contribution in [0.25, 0.3) is 0 Å². The zero-order chi connectivity index (χ0) is 24.8. The minimum absolute atomic E-state index is 0.0643. The quantitative estimate of drug-likeness (QED) is 0.523. The van der Waals surface area contributed by atoms with Crippen LogP contribution in [0.4, 0.5) is 17.4 Å². The topological polar surface area (TPSA) is 135 Å². The molecule has 2 fully saturated rings. The third-order valence-electron chi connectivity index (χ3n) is 7.03. The number of rotatable bonds is 6. The van der Waals surface area contributed by atoms with Crippen molar-refractivity contribution in [3.63, 3.8) is 0 Å². The van der Waals surface area contributed by atoms with Crippen molar-refractivity contribution in [3.8, 4) is 11.5 Å². The molecule has 3 aromatic rings. The predicted molar refractivity (Wildman–Crippen MR) is 129 cm³/mol. The first kappa shape index (κ1) is 22.3. The summed E-state index contributed by atoms with van der Waals surface area (Å²) in [4.78, 5) is 33.7. The van der Waals surface area contributed by atoms with E-state index in [4.69, 9.17) is 13.9 Å². The standard InChI is InChI=1S/C24H25N7O5/c1-34-19-5-13-12-31(23(33)16(13)6-20(19)35-2)24-29-28-22(36-24)21(32)27-17-9-25-4-3-18(17)30-10-14-7-26-8-15(14)11-30/h3-6,9,14-15,26H,7-8,10-12H2,1-2H3,(H,27,32). The molecule has 2 unspecified atom stereocenters. The lowest BCUT2D eigenvalue weighted by Gasteiger charge is -2.22. The van der Waals surface area contributed by atoms with Crippen LogP contribution < -0.4 is 29.9 Å². The molecule has 1 aromatic carbocycles. The number of benzene rings is 1. The van der Waals surface area contributed by atoms with Gasteiger partial charge in [0.05, 0.1) is 38.3 Å². The van der Waals surface area contributed by atoms with Gasteiger partial charge in [-0.25, -0.2) is 0 Å². The Hall–Kier alpha value is -4.19. The molecular formula is C24H25N7O5. The van der Waals surface area contributed by atoms with Crippen LogP contribution in [0.1, 0.15) is 26.6 Å². The zero-order valence-corrected chi connectivity index (χ0v) is 19.9. The van der Waals surface area contributed by atoms with Gasteiger partial charge in [-0.2, -0.15) is 0 Å². The number of carbonyl (C=O) groups excluding carboxylic acids is 2. The van der Waals surface area contributed by atoms with E-state index in [9.17, 15) is 9.59 Å². The van der Waals surface area contributed by atoms with Gasteiger partial charge in [-0.3, -0.25) is 19.5 Å². The van der Waals surface area contributed by atoms with Crippen LogP contribution in [0.2, 0.25) is 0 Å². The number of carbonyl (C=O) groups is 2. The minimum atomic E-state index is -0.573. The van der Waals surface area contributed by atoms with Gasteiger partial charge in [-0.15, -0.1) is 5.10 Å². The van der Waals surface area contributed by atoms with Crippen molar-refractivity contribution in [2.24, 2.45) is 11.8 Å². The van der Waals surface area contributed by atoms with Gasteiger partial charge in [0.15, 0.2) is 11.5 Å². The minimum Gasteiger partial charge on any atom is -0.493 e. The van der Waals surface area contributed by atoms with Gasteiger partial charge in [-0.05, 0) is 35.6 Å². The number of anilines is 3. The molecule has 186 valence electrons. The van der Waals surface area contributed by atoms with Crippen LogP contribution in [-0.2, 0) is 6.54 Å². The van der Waals surface area contributed by atoms with Gasteiger partial charge in [0.2, 0.25) is 0 Å². The summed E-state index contributed by atoms with van der Waals surface area (Å²) in [5, 5.41) is 14.1. The third-order valence-corrected chi connectivity index (χ3v) is 7.03. The Bertz CT molecular complexity index is 1330. The number of aromatic nitrogens is 3. The SMILES string of the molecule is COc1cc2c(cc1OC)C(=O)N(c1nnc(C(=O)Nc3cnccc3N3CC4CNCC4C3)o1)C2. The van der Waals surface area contributed by atoms with Crippen LogP contribution in [-0.4, -0.2) is 67.4 Å². The molecule has 2 N–H and O–H groups in total. The predicted octanol–water partition coefficient (Wildman–Crippen LogP) is 1.55. The second-order valence-electron chi connectivity index (χ2n) is 9.08. The molecule has 3 aliphatic heterocycles. The van der Waals surface area contributed by atoms with Crippen LogP contribution >= 0.6 is 0 Å². The number of ether oxygens (including phenoxy) is 2. The van der Waals surface area contributed by atoms with Crippen molar-refractivity contribution in [1.82, 2.24) is 20.5 Å². The van der Waals surface area contributed by atoms with E-state index in [1.165, 1.54) is 19.1 Å². The van der Waals surface area contributed by atoms with Crippen molar-refractivity contribution < 1.29 is 23.5 Å². The molecular weight excluding hydrogens is 466 g/mol. The summed E-state index contributed by atoms with van der Waals surface area (Å²) in [5.74, 6) is 1.01. The average molecular weight is 492 g/mol. The molecule has 5 heterocycles. The van der Waals surface area contributed by atoms with E-state index in [2.05, 4.69) is 30.7 Å². The fraction of sp³-hybridized carbons (Fsp3) is 0.375. The monoisotopic (exact) mass is 491 g/mol. The zero-order valence-electron chi connectivity index (χ0n) is 19.9. The van der Waals surface area contributed by atoms with Gasteiger partial charge < -0.3 is 29.4 Å². The smallest absolute Gasteiger partial charge is 0.326 e. The molecule has 2 saturated heterocycles. The van der Waals surface area contributed by atoms with E-state index in [0.29, 0.717) is 34.6 Å². The highest BCUT2D eigenvalue weighted by molar-refractivity contribution is 6.09. The van der Waals surface area contributed by atoms with Crippen LogP contribution in [0.5, 0.6) is 11.5 Å². The van der Waals surface area contributed by atoms with Gasteiger partial charge in [0.25, 0.3) is 5.91 Å². The number of pyridine rings is 1. The Morgan fingerprint density at radius 3 is 2.64 bits per heavy atom. The molecule has 3 aliphatic rings. The van der Waals surface area contributed by atoms with Crippen LogP contribution in [0.3, 0.4) is 0 Å². The summed E-state index contributed by atoms with van der Waals surface area (Å²) in [6, 6.07) is 5.19. The number of nitrogens with one attached hydrogen (secondary N) is 2. The van der Waals surface area contributed by atoms with Crippen LogP contribution in [0.15, 0.2) is 35.0 Å². The fourth-order valence-corrected chi connectivity index (χ4v) is 5.20. The maximum absolute atomic E-state index is 13.0. The number of amides is 2. The van der Waals surface area contributed by atoms with Crippen molar-refractivity contribution in [2.75, 3.05) is 55.5 Å². The Kier molecular flexibility index (Phi) is 5.44. The molecule has 0 spiro atoms. The molecule has 12 nitrogen and oxygen atoms in total. The molecule has 0 bridgehead atoms. The van der Waals surface area contributed by atoms with E-state index >= 15 is 0 Å². The summed E-state index contributed by atoms with van der Waals surface area (Å²) in [6.07, 6.45) is 3.32. The summed E-state index contributed by atoms with van der Waals surface area (Å²) < 4.78 is 16.2. The summed E-state index contributed by atoms with van der Waals surface area (Å²) >= 11 is 0. The number of hydrogen-bond acceptors (Lipinski definition) is 10. The second-order valence-corrected chi connectivity index (χ2v) is 9.08. The van der Waals surface area contributed by atoms with E-state index in [1.54, 1.807) is 24.5 Å². The first-order valence-electron chi connectivity index (χ1n) is 11.7. The molecule has 0 radical (unpaired) electrons. The molecule has 2 amide bonds. The average Bonchev–Trinajstić information content (AvgIpc) is 3.67. The number of fused-ring (bicyclic) bond motifs is 2. The van der Waals surface area contributed by atoms with E-state index in [0.717, 1.165) is 37.4 Å². The summed E-state index contributed by atoms with van der Waals surface area (Å²) in [5.41, 5.74) is 2.65. The molecule has 36 heavy (non-hydrogen) atoms. The number of methoxy groups -OCH3 is 2. The van der Waals surface area contributed by atoms with Gasteiger partial charge in [0.1, 0.15) is 0 Å². The van der Waals surface area contributed by atoms with Crippen molar-refractivity contribution in [3.05, 3.63) is 47.6 Å².